The number of amides is 1. The molecule has 0 bridgehead atoms. The summed E-state index contributed by atoms with van der Waals surface area (Å²) in [5.41, 5.74) is 5.42. The van der Waals surface area contributed by atoms with Gasteiger partial charge >= 0.3 is 0 Å². The van der Waals surface area contributed by atoms with Crippen molar-refractivity contribution >= 4 is 44.5 Å². The van der Waals surface area contributed by atoms with Gasteiger partial charge < -0.3 is 11.1 Å². The van der Waals surface area contributed by atoms with Crippen LogP contribution in [0.1, 0.15) is 18.7 Å². The summed E-state index contributed by atoms with van der Waals surface area (Å²) in [6.07, 6.45) is 0. The topological polar surface area (TPSA) is 101 Å². The van der Waals surface area contributed by atoms with Crippen molar-refractivity contribution in [3.8, 4) is 0 Å². The molecule has 1 unspecified atom stereocenters. The number of likely N-dealkylation sites (N-methyl/N-ethyl adjacent to an activating group) is 1. The van der Waals surface area contributed by atoms with Crippen molar-refractivity contribution in [2.45, 2.75) is 24.1 Å². The van der Waals surface area contributed by atoms with Gasteiger partial charge in [0.15, 0.2) is 0 Å². The second kappa shape index (κ2) is 6.42. The Morgan fingerprint density at radius 3 is 2.63 bits per heavy atom. The maximum Gasteiger partial charge on any atom is 0.250 e. The summed E-state index contributed by atoms with van der Waals surface area (Å²) in [5, 5.41) is 2.54. The van der Waals surface area contributed by atoms with Crippen molar-refractivity contribution in [1.82, 2.24) is 10.0 Å². The maximum atomic E-state index is 12.0. The average molecular weight is 321 g/mol. The second-order valence-corrected chi connectivity index (χ2v) is 7.18. The van der Waals surface area contributed by atoms with Crippen LogP contribution in [0.4, 0.5) is 0 Å². The lowest BCUT2D eigenvalue weighted by atomic mass is 10.3. The molecule has 4 N–H and O–H groups in total. The monoisotopic (exact) mass is 321 g/mol. The first-order chi connectivity index (χ1) is 8.77. The highest BCUT2D eigenvalue weighted by Crippen LogP contribution is 2.21. The quantitative estimate of drug-likeness (QED) is 0.649. The molecule has 0 aliphatic carbocycles. The van der Waals surface area contributed by atoms with Crippen LogP contribution >= 0.6 is 23.6 Å². The molecule has 0 spiro atoms. The zero-order valence-corrected chi connectivity index (χ0v) is 12.9. The normalized spacial score (nSPS) is 12.9. The van der Waals surface area contributed by atoms with E-state index in [0.717, 1.165) is 11.3 Å². The Balaban J connectivity index is 2.86. The van der Waals surface area contributed by atoms with Gasteiger partial charge in [0.2, 0.25) is 5.91 Å². The van der Waals surface area contributed by atoms with E-state index >= 15 is 0 Å². The highest BCUT2D eigenvalue weighted by molar-refractivity contribution is 7.91. The van der Waals surface area contributed by atoms with E-state index in [0.29, 0.717) is 11.4 Å². The average Bonchev–Trinajstić information content (AvgIpc) is 2.78. The van der Waals surface area contributed by atoms with Crippen molar-refractivity contribution in [2.24, 2.45) is 5.73 Å². The Hall–Kier alpha value is -1.03. The van der Waals surface area contributed by atoms with Crippen molar-refractivity contribution in [2.75, 3.05) is 6.54 Å². The molecule has 0 saturated heterocycles. The fourth-order valence-electron chi connectivity index (χ4n) is 1.27. The number of carbonyl (C=O) groups is 1. The SMILES string of the molecule is CCNC(=O)C(C)NS(=O)(=O)c1ccc(C(N)=S)s1. The van der Waals surface area contributed by atoms with Gasteiger partial charge in [-0.25, -0.2) is 8.42 Å². The van der Waals surface area contributed by atoms with E-state index in [-0.39, 0.29) is 15.1 Å². The molecular weight excluding hydrogens is 306 g/mol. The lowest BCUT2D eigenvalue weighted by molar-refractivity contribution is -0.122. The number of sulfonamides is 1. The molecule has 1 aromatic rings. The minimum Gasteiger partial charge on any atom is -0.389 e. The minimum atomic E-state index is -3.74. The van der Waals surface area contributed by atoms with E-state index < -0.39 is 16.1 Å². The number of hydrogen-bond acceptors (Lipinski definition) is 5. The van der Waals surface area contributed by atoms with Crippen LogP contribution < -0.4 is 15.8 Å². The smallest absolute Gasteiger partial charge is 0.250 e. The Morgan fingerprint density at radius 2 is 2.16 bits per heavy atom. The van der Waals surface area contributed by atoms with Crippen molar-refractivity contribution in [3.63, 3.8) is 0 Å². The van der Waals surface area contributed by atoms with Gasteiger partial charge in [0, 0.05) is 6.54 Å². The van der Waals surface area contributed by atoms with Crippen molar-refractivity contribution < 1.29 is 13.2 Å². The van der Waals surface area contributed by atoms with Crippen LogP contribution in [0.3, 0.4) is 0 Å². The van der Waals surface area contributed by atoms with Gasteiger partial charge in [-0.2, -0.15) is 4.72 Å². The number of thiocarbonyl (C=S) groups is 1. The predicted octanol–water partition coefficient (Wildman–Crippen LogP) is 0.185. The van der Waals surface area contributed by atoms with Gasteiger partial charge in [0.05, 0.1) is 10.9 Å². The van der Waals surface area contributed by atoms with Gasteiger partial charge in [0.25, 0.3) is 10.0 Å². The summed E-state index contributed by atoms with van der Waals surface area (Å²) < 4.78 is 26.4. The molecule has 1 atom stereocenters. The first-order valence-electron chi connectivity index (χ1n) is 5.47. The highest BCUT2D eigenvalue weighted by Gasteiger charge is 2.23. The second-order valence-electron chi connectivity index (χ2n) is 3.72. The molecule has 1 aromatic heterocycles. The van der Waals surface area contributed by atoms with E-state index in [1.807, 2.05) is 0 Å². The van der Waals surface area contributed by atoms with Gasteiger partial charge in [-0.1, -0.05) is 12.2 Å². The maximum absolute atomic E-state index is 12.0. The van der Waals surface area contributed by atoms with Gasteiger partial charge in [0.1, 0.15) is 9.20 Å². The van der Waals surface area contributed by atoms with Crippen molar-refractivity contribution in [1.29, 1.82) is 0 Å². The van der Waals surface area contributed by atoms with Crippen LogP contribution in [-0.2, 0) is 14.8 Å². The van der Waals surface area contributed by atoms with E-state index in [4.69, 9.17) is 18.0 Å². The Bertz CT molecular complexity index is 580. The Kier molecular flexibility index (Phi) is 5.41. The summed E-state index contributed by atoms with van der Waals surface area (Å²) in [7, 11) is -3.74. The molecule has 1 heterocycles. The van der Waals surface area contributed by atoms with Crippen LogP contribution in [0.25, 0.3) is 0 Å². The number of nitrogens with one attached hydrogen (secondary N) is 2. The lowest BCUT2D eigenvalue weighted by Gasteiger charge is -2.12. The first-order valence-corrected chi connectivity index (χ1v) is 8.18. The molecular formula is C10H15N3O3S3. The van der Waals surface area contributed by atoms with E-state index in [1.54, 1.807) is 13.0 Å². The van der Waals surface area contributed by atoms with Gasteiger partial charge in [-0.05, 0) is 26.0 Å². The largest absolute Gasteiger partial charge is 0.389 e. The van der Waals surface area contributed by atoms with E-state index in [9.17, 15) is 13.2 Å². The fourth-order valence-corrected chi connectivity index (χ4v) is 3.84. The summed E-state index contributed by atoms with van der Waals surface area (Å²) in [6.45, 7) is 3.67. The zero-order valence-electron chi connectivity index (χ0n) is 10.5. The number of carbonyl (C=O) groups excluding carboxylic acids is 1. The van der Waals surface area contributed by atoms with Gasteiger partial charge in [-0.15, -0.1) is 11.3 Å². The summed E-state index contributed by atoms with van der Waals surface area (Å²) in [4.78, 5) is 12.1. The van der Waals surface area contributed by atoms with Crippen LogP contribution in [0.5, 0.6) is 0 Å². The van der Waals surface area contributed by atoms with Crippen LogP contribution in [-0.4, -0.2) is 31.9 Å². The molecule has 0 aliphatic heterocycles. The van der Waals surface area contributed by atoms with E-state index in [2.05, 4.69) is 10.0 Å². The molecule has 0 saturated carbocycles. The molecule has 9 heteroatoms. The molecule has 106 valence electrons. The van der Waals surface area contributed by atoms with Crippen molar-refractivity contribution in [3.05, 3.63) is 17.0 Å². The first kappa shape index (κ1) is 16.0. The Labute approximate surface area is 121 Å². The molecule has 0 aromatic carbocycles. The predicted molar refractivity (Wildman–Crippen MR) is 78.7 cm³/mol. The molecule has 1 amide bonds. The minimum absolute atomic E-state index is 0.0754. The Morgan fingerprint density at radius 1 is 1.53 bits per heavy atom. The number of thiophene rings is 1. The summed E-state index contributed by atoms with van der Waals surface area (Å²) in [6, 6.07) is 2.10. The molecule has 19 heavy (non-hydrogen) atoms. The number of hydrogen-bond donors (Lipinski definition) is 3. The van der Waals surface area contributed by atoms with Crippen LogP contribution in [0, 0.1) is 0 Å². The summed E-state index contributed by atoms with van der Waals surface area (Å²) in [5.74, 6) is -0.378. The molecule has 1 rings (SSSR count). The third-order valence-electron chi connectivity index (χ3n) is 2.17. The zero-order chi connectivity index (χ0) is 14.6. The van der Waals surface area contributed by atoms with Crippen LogP contribution in [0.15, 0.2) is 16.3 Å². The third kappa shape index (κ3) is 4.23. The standard InChI is InChI=1S/C10H15N3O3S3/c1-3-12-10(14)6(2)13-19(15,16)8-5-4-7(18-8)9(11)17/h4-6,13H,3H2,1-2H3,(H2,11,17)(H,12,14). The fraction of sp³-hybridized carbons (Fsp3) is 0.400. The highest BCUT2D eigenvalue weighted by atomic mass is 32.2. The number of nitrogens with two attached hydrogens (primary N) is 1. The van der Waals surface area contributed by atoms with Crippen LogP contribution in [0.2, 0.25) is 0 Å². The molecule has 6 nitrogen and oxygen atoms in total. The molecule has 0 aliphatic rings. The number of rotatable bonds is 6. The summed E-state index contributed by atoms with van der Waals surface area (Å²) >= 11 is 5.74. The lowest BCUT2D eigenvalue weighted by Crippen LogP contribution is -2.44. The van der Waals surface area contributed by atoms with Gasteiger partial charge in [-0.3, -0.25) is 4.79 Å². The molecule has 0 fully saturated rings. The molecule has 0 radical (unpaired) electrons. The third-order valence-corrected chi connectivity index (χ3v) is 5.67. The van der Waals surface area contributed by atoms with E-state index in [1.165, 1.54) is 13.0 Å².